The number of hydrogen-bond donors (Lipinski definition) is 2. The fourth-order valence-electron chi connectivity index (χ4n) is 5.27. The summed E-state index contributed by atoms with van der Waals surface area (Å²) in [6.45, 7) is 8.16. The molecule has 2 aromatic carbocycles. The lowest BCUT2D eigenvalue weighted by Crippen LogP contribution is -2.47. The molecule has 0 bridgehead atoms. The Kier molecular flexibility index (Phi) is 10.2. The van der Waals surface area contributed by atoms with Crippen molar-refractivity contribution in [3.05, 3.63) is 66.2 Å². The third-order valence-corrected chi connectivity index (χ3v) is 8.77. The number of halogens is 4. The van der Waals surface area contributed by atoms with Crippen LogP contribution in [-0.4, -0.2) is 71.0 Å². The van der Waals surface area contributed by atoms with E-state index in [0.29, 0.717) is 41.2 Å². The molecule has 0 spiro atoms. The third kappa shape index (κ3) is 9.25. The van der Waals surface area contributed by atoms with Crippen LogP contribution in [0.5, 0.6) is 11.6 Å². The van der Waals surface area contributed by atoms with Crippen molar-refractivity contribution in [3.8, 4) is 22.9 Å². The van der Waals surface area contributed by atoms with Crippen LogP contribution in [0.1, 0.15) is 45.6 Å². The number of nitrogens with zero attached hydrogens (tertiary/aromatic N) is 4. The number of alkyl halides is 3. The zero-order chi connectivity index (χ0) is 35.6. The van der Waals surface area contributed by atoms with Crippen LogP contribution >= 0.6 is 0 Å². The van der Waals surface area contributed by atoms with Crippen LogP contribution in [-0.2, 0) is 14.8 Å². The van der Waals surface area contributed by atoms with Gasteiger partial charge in [0.05, 0.1) is 29.1 Å². The molecule has 1 aliphatic rings. The molecule has 3 heterocycles. The van der Waals surface area contributed by atoms with Crippen LogP contribution in [0.2, 0.25) is 0 Å². The van der Waals surface area contributed by atoms with Crippen LogP contribution in [0.4, 0.5) is 34.0 Å². The standard InChI is InChI=1S/C33H36F4N6O5S/c1-20-9-10-22-23(11-12-25(34)27(22)42-49(45,46)18-14-33(35,36)37)28(20)47-29-24(8-5-15-38-29)26-13-16-39-30(41-26)40-21-7-6-17-43(19-21)31(44)48-32(2,3)4/h5,8-13,15-16,21,42H,6-7,14,17-19H2,1-4H3,(H,39,40,41)/t21-/m0/s1. The van der Waals surface area contributed by atoms with Gasteiger partial charge in [0.15, 0.2) is 0 Å². The second kappa shape index (κ2) is 14.0. The highest BCUT2D eigenvalue weighted by Gasteiger charge is 2.31. The first-order valence-electron chi connectivity index (χ1n) is 15.5. The Morgan fingerprint density at radius 1 is 1.04 bits per heavy atom. The second-order valence-corrected chi connectivity index (χ2v) is 14.5. The summed E-state index contributed by atoms with van der Waals surface area (Å²) >= 11 is 0. The highest BCUT2D eigenvalue weighted by molar-refractivity contribution is 7.92. The van der Waals surface area contributed by atoms with Crippen molar-refractivity contribution >= 4 is 38.5 Å². The molecule has 2 aromatic heterocycles. The van der Waals surface area contributed by atoms with Gasteiger partial charge in [0, 0.05) is 42.3 Å². The molecule has 0 saturated carbocycles. The van der Waals surface area contributed by atoms with E-state index in [9.17, 15) is 30.8 Å². The summed E-state index contributed by atoms with van der Waals surface area (Å²) in [7, 11) is -4.55. The van der Waals surface area contributed by atoms with Crippen LogP contribution in [0.25, 0.3) is 22.0 Å². The summed E-state index contributed by atoms with van der Waals surface area (Å²) in [6, 6.07) is 10.4. The molecule has 0 unspecified atom stereocenters. The highest BCUT2D eigenvalue weighted by atomic mass is 32.2. The number of pyridine rings is 1. The minimum absolute atomic E-state index is 0.0788. The average Bonchev–Trinajstić information content (AvgIpc) is 3.02. The number of anilines is 2. The lowest BCUT2D eigenvalue weighted by Gasteiger charge is -2.34. The number of amides is 1. The van der Waals surface area contributed by atoms with Gasteiger partial charge in [-0.1, -0.05) is 12.1 Å². The number of benzene rings is 2. The summed E-state index contributed by atoms with van der Waals surface area (Å²) in [4.78, 5) is 27.7. The number of sulfonamides is 1. The lowest BCUT2D eigenvalue weighted by atomic mass is 10.0. The number of nitrogens with one attached hydrogen (secondary N) is 2. The van der Waals surface area contributed by atoms with Crippen molar-refractivity contribution in [2.24, 2.45) is 0 Å². The third-order valence-electron chi connectivity index (χ3n) is 7.52. The molecule has 262 valence electrons. The van der Waals surface area contributed by atoms with Crippen LogP contribution in [0.15, 0.2) is 54.9 Å². The number of ether oxygens (including phenoxy) is 2. The molecule has 5 rings (SSSR count). The predicted molar refractivity (Wildman–Crippen MR) is 177 cm³/mol. The van der Waals surface area contributed by atoms with E-state index in [0.717, 1.165) is 18.9 Å². The van der Waals surface area contributed by atoms with Crippen LogP contribution in [0.3, 0.4) is 0 Å². The molecule has 16 heteroatoms. The molecule has 1 fully saturated rings. The number of aryl methyl sites for hydroxylation is 1. The first kappa shape index (κ1) is 35.6. The van der Waals surface area contributed by atoms with Gasteiger partial charge in [0.1, 0.15) is 17.2 Å². The fraction of sp³-hybridized carbons (Fsp3) is 0.394. The van der Waals surface area contributed by atoms with Gasteiger partial charge in [-0.2, -0.15) is 13.2 Å². The number of carbonyl (C=O) groups is 1. The Balaban J connectivity index is 1.40. The average molecular weight is 705 g/mol. The SMILES string of the molecule is Cc1ccc2c(NS(=O)(=O)CCC(F)(F)F)c(F)ccc2c1Oc1ncccc1-c1ccnc(N[C@H]2CCCN(C(=O)OC(C)(C)C)C2)n1. The van der Waals surface area contributed by atoms with Gasteiger partial charge in [0.2, 0.25) is 21.9 Å². The van der Waals surface area contributed by atoms with E-state index in [1.165, 1.54) is 18.3 Å². The van der Waals surface area contributed by atoms with E-state index in [2.05, 4.69) is 20.3 Å². The Bertz CT molecular complexity index is 1950. The van der Waals surface area contributed by atoms with Crippen LogP contribution in [0, 0.1) is 12.7 Å². The number of hydrogen-bond acceptors (Lipinski definition) is 9. The molecule has 0 aliphatic carbocycles. The Hall–Kier alpha value is -4.73. The Labute approximate surface area is 281 Å². The van der Waals surface area contributed by atoms with Gasteiger partial charge in [0.25, 0.3) is 0 Å². The fourth-order valence-corrected chi connectivity index (χ4v) is 6.39. The van der Waals surface area contributed by atoms with E-state index in [1.54, 1.807) is 42.3 Å². The van der Waals surface area contributed by atoms with Gasteiger partial charge in [-0.25, -0.2) is 32.6 Å². The second-order valence-electron chi connectivity index (χ2n) is 12.6. The number of likely N-dealkylation sites (tertiary alicyclic amines) is 1. The molecule has 49 heavy (non-hydrogen) atoms. The molecule has 1 aliphatic heterocycles. The van der Waals surface area contributed by atoms with Crippen molar-refractivity contribution in [3.63, 3.8) is 0 Å². The summed E-state index contributed by atoms with van der Waals surface area (Å²) in [6.07, 6.45) is -2.05. The number of carbonyl (C=O) groups excluding carboxylic acids is 1. The van der Waals surface area contributed by atoms with E-state index in [1.807, 2.05) is 25.5 Å². The smallest absolute Gasteiger partial charge is 0.410 e. The number of rotatable bonds is 9. The normalized spacial score (nSPS) is 15.6. The van der Waals surface area contributed by atoms with Crippen molar-refractivity contribution < 1.29 is 40.2 Å². The topological polar surface area (TPSA) is 136 Å². The van der Waals surface area contributed by atoms with Gasteiger partial charge < -0.3 is 19.7 Å². The summed E-state index contributed by atoms with van der Waals surface area (Å²) in [5, 5.41) is 3.68. The zero-order valence-corrected chi connectivity index (χ0v) is 28.1. The quantitative estimate of drug-likeness (QED) is 0.171. The highest BCUT2D eigenvalue weighted by Crippen LogP contribution is 2.40. The van der Waals surface area contributed by atoms with Crippen molar-refractivity contribution in [1.29, 1.82) is 0 Å². The monoisotopic (exact) mass is 704 g/mol. The maximum atomic E-state index is 15.0. The molecule has 1 atom stereocenters. The van der Waals surface area contributed by atoms with Crippen molar-refractivity contribution in [2.45, 2.75) is 64.8 Å². The summed E-state index contributed by atoms with van der Waals surface area (Å²) in [5.74, 6) is -1.55. The molecular weight excluding hydrogens is 668 g/mol. The van der Waals surface area contributed by atoms with E-state index < -0.39 is 45.5 Å². The largest absolute Gasteiger partial charge is 0.444 e. The molecule has 1 amide bonds. The minimum atomic E-state index is -4.70. The maximum absolute atomic E-state index is 15.0. The van der Waals surface area contributed by atoms with Crippen LogP contribution < -0.4 is 14.8 Å². The number of fused-ring (bicyclic) bond motifs is 1. The summed E-state index contributed by atoms with van der Waals surface area (Å²) < 4.78 is 91.8. The van der Waals surface area contributed by atoms with E-state index in [4.69, 9.17) is 9.47 Å². The zero-order valence-electron chi connectivity index (χ0n) is 27.3. The first-order valence-corrected chi connectivity index (χ1v) is 17.1. The minimum Gasteiger partial charge on any atom is -0.444 e. The van der Waals surface area contributed by atoms with Crippen molar-refractivity contribution in [1.82, 2.24) is 19.9 Å². The lowest BCUT2D eigenvalue weighted by molar-refractivity contribution is -0.129. The molecule has 2 N–H and O–H groups in total. The molecule has 4 aromatic rings. The molecule has 1 saturated heterocycles. The van der Waals surface area contributed by atoms with E-state index >= 15 is 0 Å². The van der Waals surface area contributed by atoms with Gasteiger partial charge >= 0.3 is 12.3 Å². The van der Waals surface area contributed by atoms with E-state index in [-0.39, 0.29) is 29.2 Å². The first-order chi connectivity index (χ1) is 23.0. The van der Waals surface area contributed by atoms with Gasteiger partial charge in [-0.05, 0) is 76.4 Å². The summed E-state index contributed by atoms with van der Waals surface area (Å²) in [5.41, 5.74) is 0.434. The molecule has 0 radical (unpaired) electrons. The Morgan fingerprint density at radius 2 is 1.80 bits per heavy atom. The van der Waals surface area contributed by atoms with Crippen molar-refractivity contribution in [2.75, 3.05) is 28.9 Å². The predicted octanol–water partition coefficient (Wildman–Crippen LogP) is 7.44. The number of piperidine rings is 1. The van der Waals surface area contributed by atoms with Gasteiger partial charge in [-0.3, -0.25) is 4.72 Å². The molecule has 11 nitrogen and oxygen atoms in total. The Morgan fingerprint density at radius 3 is 2.53 bits per heavy atom. The van der Waals surface area contributed by atoms with Gasteiger partial charge in [-0.15, -0.1) is 0 Å². The number of aromatic nitrogens is 3. The maximum Gasteiger partial charge on any atom is 0.410 e. The molecular formula is C33H36F4N6O5S.